The summed E-state index contributed by atoms with van der Waals surface area (Å²) in [4.78, 5) is 129. The fourth-order valence-corrected chi connectivity index (χ4v) is 16.2. The normalized spacial score (nSPS) is 13.4. The molecule has 0 unspecified atom stereocenters. The van der Waals surface area contributed by atoms with E-state index in [4.69, 9.17) is 0 Å². The molecule has 6 aromatic heterocycles. The summed E-state index contributed by atoms with van der Waals surface area (Å²) in [5.74, 6) is 0. The third-order valence-corrected chi connectivity index (χ3v) is 20.1. The molecule has 0 aliphatic heterocycles. The molecule has 6 heterocycles. The SMILES string of the molecule is CCC(CC)n1c(=O)c2ccc3c4c(-c5cc6c(=O)n(C(CC)CC)c(=O)c7cc8[nH]c9cc%10c(=O)n(C(CC)CC)c(=O)c%11ccc%12c5c(c67)c8c9c%12c%11%10)cc5c(=O)n(C(CC)CC)c(=O)c6cc7[nH]c8cc(c1=O)c2c3c8c7c4c56. The van der Waals surface area contributed by atoms with Gasteiger partial charge in [0, 0.05) is 132 Å². The molecule has 16 rings (SSSR count). The average molecular weight is 1090 g/mol. The number of hydrogen-bond donors (Lipinski definition) is 2. The van der Waals surface area contributed by atoms with Crippen LogP contribution in [0.2, 0.25) is 0 Å². The highest BCUT2D eigenvalue weighted by Crippen LogP contribution is 2.55. The van der Waals surface area contributed by atoms with Crippen molar-refractivity contribution in [1.29, 1.82) is 0 Å². The zero-order valence-electron chi connectivity index (χ0n) is 46.8. The van der Waals surface area contributed by atoms with Gasteiger partial charge in [0.05, 0.1) is 21.5 Å². The van der Waals surface area contributed by atoms with E-state index in [9.17, 15) is 9.59 Å². The Hall–Kier alpha value is -9.04. The van der Waals surface area contributed by atoms with Crippen LogP contribution in [0.5, 0.6) is 0 Å². The molecule has 82 heavy (non-hydrogen) atoms. The lowest BCUT2D eigenvalue weighted by Crippen LogP contribution is -2.36. The van der Waals surface area contributed by atoms with Crippen LogP contribution < -0.4 is 44.5 Å². The molecule has 0 amide bonds. The summed E-state index contributed by atoms with van der Waals surface area (Å²) < 4.78 is 5.61. The predicted molar refractivity (Wildman–Crippen MR) is 336 cm³/mol. The van der Waals surface area contributed by atoms with Crippen molar-refractivity contribution in [3.8, 4) is 11.1 Å². The molecule has 0 spiro atoms. The molecule has 0 saturated heterocycles. The van der Waals surface area contributed by atoms with E-state index in [1.54, 1.807) is 12.1 Å². The van der Waals surface area contributed by atoms with Crippen molar-refractivity contribution in [2.75, 3.05) is 0 Å². The van der Waals surface area contributed by atoms with Crippen LogP contribution in [0.15, 0.2) is 99.0 Å². The number of hydrogen-bond acceptors (Lipinski definition) is 8. The maximum absolute atomic E-state index is 15.7. The molecule has 10 aromatic carbocycles. The van der Waals surface area contributed by atoms with Crippen LogP contribution in [0, 0.1) is 0 Å². The first-order valence-corrected chi connectivity index (χ1v) is 29.4. The van der Waals surface area contributed by atoms with Crippen LogP contribution in [0.25, 0.3) is 162 Å². The molecule has 16 aromatic rings. The lowest BCUT2D eigenvalue weighted by Gasteiger charge is -2.24. The van der Waals surface area contributed by atoms with Crippen LogP contribution in [-0.2, 0) is 0 Å². The van der Waals surface area contributed by atoms with E-state index in [1.165, 1.54) is 18.3 Å². The van der Waals surface area contributed by atoms with E-state index >= 15 is 28.8 Å². The monoisotopic (exact) mass is 1080 g/mol. The van der Waals surface area contributed by atoms with Gasteiger partial charge in [-0.25, -0.2) is 0 Å². The zero-order chi connectivity index (χ0) is 56.7. The van der Waals surface area contributed by atoms with Crippen LogP contribution in [0.4, 0.5) is 0 Å². The maximum Gasteiger partial charge on any atom is 0.261 e. The summed E-state index contributed by atoms with van der Waals surface area (Å²) in [6.07, 6.45) is 4.39. The Morgan fingerprint density at radius 2 is 0.476 bits per heavy atom. The summed E-state index contributed by atoms with van der Waals surface area (Å²) in [6, 6.07) is 17.1. The van der Waals surface area contributed by atoms with Gasteiger partial charge in [0.2, 0.25) is 0 Å². The van der Waals surface area contributed by atoms with Crippen molar-refractivity contribution in [3.63, 3.8) is 0 Å². The first-order chi connectivity index (χ1) is 39.7. The van der Waals surface area contributed by atoms with Gasteiger partial charge in [-0.15, -0.1) is 0 Å². The van der Waals surface area contributed by atoms with E-state index in [2.05, 4.69) is 9.97 Å². The third-order valence-electron chi connectivity index (χ3n) is 20.1. The van der Waals surface area contributed by atoms with Crippen LogP contribution in [-0.4, -0.2) is 28.2 Å². The Morgan fingerprint density at radius 1 is 0.256 bits per heavy atom. The second kappa shape index (κ2) is 16.3. The first kappa shape index (κ1) is 48.8. The molecule has 2 N–H and O–H groups in total. The summed E-state index contributed by atoms with van der Waals surface area (Å²) >= 11 is 0. The summed E-state index contributed by atoms with van der Waals surface area (Å²) in [6.45, 7) is 15.8. The molecular formula is C68H56N6O8. The van der Waals surface area contributed by atoms with Gasteiger partial charge in [-0.2, -0.15) is 0 Å². The van der Waals surface area contributed by atoms with Gasteiger partial charge in [-0.3, -0.25) is 56.6 Å². The predicted octanol–water partition coefficient (Wildman–Crippen LogP) is 13.2. The number of H-pyrrole nitrogens is 2. The first-order valence-electron chi connectivity index (χ1n) is 29.4. The van der Waals surface area contributed by atoms with Crippen LogP contribution in [0.1, 0.15) is 131 Å². The minimum Gasteiger partial charge on any atom is -0.354 e. The molecule has 0 fully saturated rings. The van der Waals surface area contributed by atoms with E-state index < -0.39 is 34.3 Å². The Bertz CT molecular complexity index is 5600. The smallest absolute Gasteiger partial charge is 0.261 e. The second-order valence-corrected chi connectivity index (χ2v) is 23.5. The van der Waals surface area contributed by atoms with Crippen LogP contribution in [0.3, 0.4) is 0 Å². The Balaban J connectivity index is 1.22. The highest BCUT2D eigenvalue weighted by molar-refractivity contribution is 6.50. The van der Waals surface area contributed by atoms with E-state index in [-0.39, 0.29) is 34.3 Å². The number of rotatable bonds is 13. The molecule has 0 atom stereocenters. The number of benzene rings is 10. The van der Waals surface area contributed by atoms with E-state index in [0.29, 0.717) is 192 Å². The molecule has 0 aliphatic rings. The average Bonchev–Trinajstić information content (AvgIpc) is 1.36. The summed E-state index contributed by atoms with van der Waals surface area (Å²) in [7, 11) is 0. The van der Waals surface area contributed by atoms with Crippen molar-refractivity contribution in [2.24, 2.45) is 0 Å². The largest absolute Gasteiger partial charge is 0.354 e. The van der Waals surface area contributed by atoms with Crippen molar-refractivity contribution in [2.45, 2.75) is 131 Å². The Labute approximate surface area is 463 Å². The molecule has 0 radical (unpaired) electrons. The van der Waals surface area contributed by atoms with Gasteiger partial charge >= 0.3 is 0 Å². The quantitative estimate of drug-likeness (QED) is 0.0843. The zero-order valence-corrected chi connectivity index (χ0v) is 46.8. The number of pyridine rings is 4. The molecule has 14 heteroatoms. The number of nitrogens with one attached hydrogen (secondary N) is 2. The van der Waals surface area contributed by atoms with E-state index in [1.807, 2.05) is 104 Å². The van der Waals surface area contributed by atoms with Crippen molar-refractivity contribution < 1.29 is 0 Å². The molecule has 0 aliphatic carbocycles. The standard InChI is InChI=1S/C68H56N6O8/c1-9-27(10-2)71-61(75)33-19-17-31-47-35(21-37-51-41(67(81)73(63(37)77)29(13-5)14-6)25-45-57(59(47)51)55-43(69-45)23-39(65(71)79)49(33)53(31)55)36-22-38-52-42(68(82)74(64(38)78)30(15-7)16-8)26-46-58-56-44(70-46)24-40-50-34(20-18-32(54(50)56)48(36)60(52)58)62(76)72(66(40)80)28(11-3)12-4/h17-30,69-70H,9-16H2,1-8H3. The fourth-order valence-electron chi connectivity index (χ4n) is 16.2. The number of aromatic nitrogens is 6. The Kier molecular flexibility index (Phi) is 9.72. The number of aromatic amines is 2. The van der Waals surface area contributed by atoms with Gasteiger partial charge in [-0.05, 0) is 133 Å². The second-order valence-electron chi connectivity index (χ2n) is 23.5. The molecule has 0 bridgehead atoms. The van der Waals surface area contributed by atoms with Crippen molar-refractivity contribution in [1.82, 2.24) is 28.2 Å². The lowest BCUT2D eigenvalue weighted by molar-refractivity contribution is 0.451. The number of fused-ring (bicyclic) bond motifs is 2. The highest BCUT2D eigenvalue weighted by Gasteiger charge is 2.34. The lowest BCUT2D eigenvalue weighted by atomic mass is 9.79. The molecule has 14 nitrogen and oxygen atoms in total. The maximum atomic E-state index is 15.7. The van der Waals surface area contributed by atoms with Crippen molar-refractivity contribution >= 4 is 151 Å². The minimum atomic E-state index is -0.448. The topological polar surface area (TPSA) is 188 Å². The summed E-state index contributed by atoms with van der Waals surface area (Å²) in [5.41, 5.74) is 0.390. The third kappa shape index (κ3) is 5.43. The van der Waals surface area contributed by atoms with E-state index in [0.717, 1.165) is 21.5 Å². The van der Waals surface area contributed by atoms with Gasteiger partial charge in [0.25, 0.3) is 44.5 Å². The van der Waals surface area contributed by atoms with Gasteiger partial charge in [0.15, 0.2) is 0 Å². The molecule has 406 valence electrons. The van der Waals surface area contributed by atoms with Crippen molar-refractivity contribution in [3.05, 3.63) is 143 Å². The van der Waals surface area contributed by atoms with Gasteiger partial charge in [0.1, 0.15) is 0 Å². The molecular weight excluding hydrogens is 1030 g/mol. The van der Waals surface area contributed by atoms with Crippen LogP contribution >= 0.6 is 0 Å². The number of nitrogens with zero attached hydrogens (tertiary/aromatic N) is 4. The molecule has 0 saturated carbocycles. The minimum absolute atomic E-state index is 0.307. The fraction of sp³-hybridized carbons (Fsp3) is 0.294. The van der Waals surface area contributed by atoms with Gasteiger partial charge < -0.3 is 9.97 Å². The highest BCUT2D eigenvalue weighted by atomic mass is 16.2. The summed E-state index contributed by atoms with van der Waals surface area (Å²) in [5, 5.41) is 13.2. The Morgan fingerprint density at radius 3 is 0.744 bits per heavy atom. The van der Waals surface area contributed by atoms with Gasteiger partial charge in [-0.1, -0.05) is 67.5 Å².